The van der Waals surface area contributed by atoms with Crippen LogP contribution in [0.25, 0.3) is 0 Å². The molecule has 11 heteroatoms. The van der Waals surface area contributed by atoms with E-state index in [1.54, 1.807) is 64.3 Å². The van der Waals surface area contributed by atoms with E-state index in [4.69, 9.17) is 18.9 Å². The molecule has 1 aromatic carbocycles. The van der Waals surface area contributed by atoms with Crippen LogP contribution in [0.4, 0.5) is 4.39 Å². The van der Waals surface area contributed by atoms with E-state index in [1.165, 1.54) is 19.9 Å². The Bertz CT molecular complexity index is 1390. The van der Waals surface area contributed by atoms with E-state index in [0.717, 1.165) is 12.0 Å². The number of methoxy groups -OCH3 is 1. The Morgan fingerprint density at radius 1 is 1.26 bits per heavy atom. The largest absolute Gasteiger partial charge is 0.457 e. The maximum Gasteiger partial charge on any atom is 0.309 e. The zero-order valence-electron chi connectivity index (χ0n) is 31.0. The van der Waals surface area contributed by atoms with Crippen molar-refractivity contribution in [1.29, 1.82) is 0 Å². The van der Waals surface area contributed by atoms with Crippen LogP contribution < -0.4 is 5.32 Å². The molecule has 2 aliphatic heterocycles. The van der Waals surface area contributed by atoms with Crippen molar-refractivity contribution in [2.75, 3.05) is 7.11 Å². The van der Waals surface area contributed by atoms with Gasteiger partial charge in [0.25, 0.3) is 0 Å². The monoisotopic (exact) mass is 703 g/mol. The van der Waals surface area contributed by atoms with Gasteiger partial charge in [-0.1, -0.05) is 57.2 Å². The number of epoxide rings is 1. The normalized spacial score (nSPS) is 31.8. The first-order valence-electron chi connectivity index (χ1n) is 17.6. The Morgan fingerprint density at radius 3 is 2.58 bits per heavy atom. The maximum atomic E-state index is 14.3. The number of hydrogen-bond acceptors (Lipinski definition) is 10. The molecule has 4 N–H and O–H groups in total. The lowest BCUT2D eigenvalue weighted by Gasteiger charge is -2.32. The molecule has 2 heterocycles. The number of carbonyl (C=O) groups is 2. The minimum absolute atomic E-state index is 0.0100. The highest BCUT2D eigenvalue weighted by molar-refractivity contribution is 5.70. The summed E-state index contributed by atoms with van der Waals surface area (Å²) in [7, 11) is 1.68. The fraction of sp³-hybridized carbons (Fsp3) is 0.641. The summed E-state index contributed by atoms with van der Waals surface area (Å²) in [5, 5.41) is 36.9. The van der Waals surface area contributed by atoms with Crippen molar-refractivity contribution in [2.45, 2.75) is 141 Å². The zero-order valence-corrected chi connectivity index (χ0v) is 31.0. The molecule has 0 aromatic heterocycles. The third-order valence-corrected chi connectivity index (χ3v) is 9.95. The number of esters is 2. The van der Waals surface area contributed by atoms with Crippen LogP contribution in [0.3, 0.4) is 0 Å². The maximum absolute atomic E-state index is 14.3. The average Bonchev–Trinajstić information content (AvgIpc) is 3.82. The first kappa shape index (κ1) is 41.5. The van der Waals surface area contributed by atoms with Crippen molar-refractivity contribution in [3.63, 3.8) is 0 Å². The van der Waals surface area contributed by atoms with Crippen LogP contribution in [0, 0.1) is 24.6 Å². The molecular weight excluding hydrogens is 645 g/mol. The molecule has 0 aliphatic carbocycles. The molecule has 11 atom stereocenters. The second-order valence-corrected chi connectivity index (χ2v) is 14.5. The highest BCUT2D eigenvalue weighted by Crippen LogP contribution is 2.39. The van der Waals surface area contributed by atoms with Crippen LogP contribution in [0.15, 0.2) is 54.2 Å². The van der Waals surface area contributed by atoms with Crippen molar-refractivity contribution in [3.8, 4) is 0 Å². The van der Waals surface area contributed by atoms with Gasteiger partial charge >= 0.3 is 11.9 Å². The molecule has 50 heavy (non-hydrogen) atoms. The van der Waals surface area contributed by atoms with Crippen LogP contribution in [0.1, 0.15) is 85.3 Å². The molecular formula is C39H58FNO9. The number of rotatable bonds is 13. The molecule has 0 saturated carbocycles. The van der Waals surface area contributed by atoms with Gasteiger partial charge in [0.2, 0.25) is 0 Å². The molecule has 3 rings (SSSR count). The Kier molecular flexibility index (Phi) is 15.0. The van der Waals surface area contributed by atoms with Gasteiger partial charge in [-0.05, 0) is 75.8 Å². The number of aryl methyl sites for hydroxylation is 1. The molecule has 1 aromatic rings. The number of aliphatic hydroxyl groups excluding tert-OH is 1. The van der Waals surface area contributed by atoms with Crippen LogP contribution in [-0.2, 0) is 35.1 Å². The number of aliphatic hydroxyl groups is 3. The van der Waals surface area contributed by atoms with Gasteiger partial charge in [-0.25, -0.2) is 4.39 Å². The van der Waals surface area contributed by atoms with E-state index < -0.39 is 53.4 Å². The van der Waals surface area contributed by atoms with Gasteiger partial charge in [0.15, 0.2) is 0 Å². The lowest BCUT2D eigenvalue weighted by molar-refractivity contribution is -0.157. The highest BCUT2D eigenvalue weighted by atomic mass is 19.1. The third kappa shape index (κ3) is 11.5. The van der Waals surface area contributed by atoms with Gasteiger partial charge in [0.1, 0.15) is 29.7 Å². The number of ether oxygens (including phenoxy) is 4. The summed E-state index contributed by atoms with van der Waals surface area (Å²) in [5.74, 6) is -1.78. The minimum atomic E-state index is -1.47. The summed E-state index contributed by atoms with van der Waals surface area (Å²) in [6, 6.07) is 4.49. The summed E-state index contributed by atoms with van der Waals surface area (Å²) in [6.07, 6.45) is 5.88. The predicted molar refractivity (Wildman–Crippen MR) is 188 cm³/mol. The van der Waals surface area contributed by atoms with E-state index in [2.05, 4.69) is 19.2 Å². The van der Waals surface area contributed by atoms with Gasteiger partial charge in [-0.2, -0.15) is 0 Å². The Morgan fingerprint density at radius 2 is 1.96 bits per heavy atom. The molecule has 10 nitrogen and oxygen atoms in total. The third-order valence-electron chi connectivity index (χ3n) is 9.95. The van der Waals surface area contributed by atoms with Gasteiger partial charge in [-0.3, -0.25) is 9.59 Å². The Labute approximate surface area is 296 Å². The first-order chi connectivity index (χ1) is 23.4. The quantitative estimate of drug-likeness (QED) is 0.0958. The van der Waals surface area contributed by atoms with E-state index in [0.29, 0.717) is 17.7 Å². The molecule has 0 amide bonds. The van der Waals surface area contributed by atoms with Gasteiger partial charge in [0, 0.05) is 32.4 Å². The number of cyclic esters (lactones) is 1. The molecule has 0 radical (unpaired) electrons. The second kappa shape index (κ2) is 18.0. The molecule has 1 saturated heterocycles. The molecule has 0 spiro atoms. The zero-order chi connectivity index (χ0) is 37.4. The van der Waals surface area contributed by atoms with E-state index >= 15 is 0 Å². The van der Waals surface area contributed by atoms with Crippen molar-refractivity contribution in [3.05, 3.63) is 71.1 Å². The van der Waals surface area contributed by atoms with Crippen LogP contribution in [0.5, 0.6) is 0 Å². The summed E-state index contributed by atoms with van der Waals surface area (Å²) in [6.45, 7) is 14.2. The lowest BCUT2D eigenvalue weighted by Crippen LogP contribution is -2.52. The topological polar surface area (TPSA) is 147 Å². The number of allylic oxidation sites excluding steroid dienone is 2. The number of hydrogen-bond donors (Lipinski definition) is 4. The summed E-state index contributed by atoms with van der Waals surface area (Å²) in [4.78, 5) is 24.7. The lowest BCUT2D eigenvalue weighted by atomic mass is 9.87. The van der Waals surface area contributed by atoms with Gasteiger partial charge in [0.05, 0.1) is 36.4 Å². The number of nitrogens with one attached hydrogen (secondary N) is 1. The first-order valence-corrected chi connectivity index (χ1v) is 17.6. The average molecular weight is 704 g/mol. The summed E-state index contributed by atoms with van der Waals surface area (Å²) >= 11 is 0. The van der Waals surface area contributed by atoms with Crippen molar-refractivity contribution in [2.24, 2.45) is 11.8 Å². The fourth-order valence-corrected chi connectivity index (χ4v) is 6.64. The SMILES string of the molecule is CC[C@H](OC)[C@@H](C)C1O[C@@H]1C(NCc1ccc(C)c(F)c1)C(C)(O)/C=C/C=C(\C)[C@H]1OC(=O)C[C@H](O)CC[C@@](C)(O)[C@@H](OC(C)=O)/C=C/[C@@H]1C. The van der Waals surface area contributed by atoms with Crippen molar-refractivity contribution in [1.82, 2.24) is 5.32 Å². The van der Waals surface area contributed by atoms with Crippen molar-refractivity contribution < 1.29 is 48.2 Å². The minimum Gasteiger partial charge on any atom is -0.457 e. The van der Waals surface area contributed by atoms with Gasteiger partial charge < -0.3 is 39.6 Å². The van der Waals surface area contributed by atoms with E-state index in [1.807, 2.05) is 13.0 Å². The van der Waals surface area contributed by atoms with Crippen molar-refractivity contribution >= 4 is 11.9 Å². The highest BCUT2D eigenvalue weighted by Gasteiger charge is 2.54. The molecule has 2 aliphatic rings. The molecule has 1 fully saturated rings. The Balaban J connectivity index is 1.88. The van der Waals surface area contributed by atoms with E-state index in [-0.39, 0.29) is 49.3 Å². The summed E-state index contributed by atoms with van der Waals surface area (Å²) < 4.78 is 37.4. The van der Waals surface area contributed by atoms with Crippen LogP contribution >= 0.6 is 0 Å². The molecule has 3 unspecified atom stereocenters. The van der Waals surface area contributed by atoms with Crippen LogP contribution in [-0.4, -0.2) is 88.2 Å². The van der Waals surface area contributed by atoms with E-state index in [9.17, 15) is 29.3 Å². The molecule has 0 bridgehead atoms. The molecule has 280 valence electrons. The number of benzene rings is 1. The smallest absolute Gasteiger partial charge is 0.309 e. The summed E-state index contributed by atoms with van der Waals surface area (Å²) in [5.41, 5.74) is -0.950. The van der Waals surface area contributed by atoms with Gasteiger partial charge in [-0.15, -0.1) is 0 Å². The fourth-order valence-electron chi connectivity index (χ4n) is 6.64. The second-order valence-electron chi connectivity index (χ2n) is 14.5. The standard InChI is InChI=1S/C39H58FNO9/c1-10-31(47-9)26(5)35-36(50-35)37(41-22-28-15-13-23(2)30(40)20-28)39(8,46)18-11-12-24(3)34-25(4)14-16-32(48-27(6)42)38(7,45)19-17-29(43)21-33(44)49-34/h11-16,18,20,25-26,29,31-32,34-37,41,43,45-46H,10,17,19,21-22H2,1-9H3/b16-14+,18-11+,24-12+/t25-,26+,29+,31-,32-,34+,35?,36-,37?,38+,39?/m0/s1. The predicted octanol–water partition coefficient (Wildman–Crippen LogP) is 5.01. The number of halogens is 1. The number of carbonyl (C=O) groups excluding carboxylic acids is 2. The van der Waals surface area contributed by atoms with Crippen LogP contribution in [0.2, 0.25) is 0 Å². The Hall–Kier alpha value is -2.93.